The third kappa shape index (κ3) is 5.28. The Hall–Kier alpha value is -3.48. The molecule has 7 nitrogen and oxygen atoms in total. The summed E-state index contributed by atoms with van der Waals surface area (Å²) in [5, 5.41) is 2.91. The van der Waals surface area contributed by atoms with Crippen molar-refractivity contribution >= 4 is 11.6 Å². The number of pyridine rings is 1. The Balaban J connectivity index is 1.60. The summed E-state index contributed by atoms with van der Waals surface area (Å²) < 4.78 is 0. The van der Waals surface area contributed by atoms with Crippen LogP contribution in [0.1, 0.15) is 23.2 Å². The second-order valence-electron chi connectivity index (χ2n) is 7.06. The predicted molar refractivity (Wildman–Crippen MR) is 114 cm³/mol. The zero-order valence-electron chi connectivity index (χ0n) is 16.9. The highest BCUT2D eigenvalue weighted by Gasteiger charge is 2.12. The minimum Gasteiger partial charge on any atom is -0.378 e. The van der Waals surface area contributed by atoms with Crippen molar-refractivity contribution in [3.05, 3.63) is 76.0 Å². The molecule has 0 aliphatic rings. The van der Waals surface area contributed by atoms with Gasteiger partial charge >= 0.3 is 0 Å². The lowest BCUT2D eigenvalue weighted by Gasteiger charge is -2.14. The number of carbonyl (C=O) groups excluding carboxylic acids is 1. The Morgan fingerprint density at radius 3 is 2.62 bits per heavy atom. The van der Waals surface area contributed by atoms with Crippen molar-refractivity contribution in [1.29, 1.82) is 0 Å². The number of benzene rings is 1. The van der Waals surface area contributed by atoms with Gasteiger partial charge in [-0.15, -0.1) is 0 Å². The maximum absolute atomic E-state index is 12.5. The molecule has 2 N–H and O–H groups in total. The van der Waals surface area contributed by atoms with Crippen LogP contribution in [0.4, 0.5) is 5.69 Å². The van der Waals surface area contributed by atoms with E-state index < -0.39 is 0 Å². The first kappa shape index (κ1) is 20.3. The lowest BCUT2D eigenvalue weighted by molar-refractivity contribution is -0.121. The Morgan fingerprint density at radius 2 is 1.93 bits per heavy atom. The van der Waals surface area contributed by atoms with Crippen LogP contribution in [0.5, 0.6) is 0 Å². The number of hydrogen-bond acceptors (Lipinski definition) is 5. The molecule has 0 spiro atoms. The quantitative estimate of drug-likeness (QED) is 0.646. The van der Waals surface area contributed by atoms with E-state index in [1.807, 2.05) is 43.3 Å². The predicted octanol–water partition coefficient (Wildman–Crippen LogP) is 2.46. The maximum Gasteiger partial charge on any atom is 0.254 e. The van der Waals surface area contributed by atoms with Crippen LogP contribution in [0.15, 0.2) is 53.6 Å². The molecule has 0 atom stereocenters. The van der Waals surface area contributed by atoms with E-state index in [9.17, 15) is 9.59 Å². The van der Waals surface area contributed by atoms with Gasteiger partial charge in [-0.1, -0.05) is 12.1 Å². The van der Waals surface area contributed by atoms with Gasteiger partial charge in [0.15, 0.2) is 0 Å². The Kier molecular flexibility index (Phi) is 6.39. The van der Waals surface area contributed by atoms with Gasteiger partial charge in [0.25, 0.3) is 5.56 Å². The number of rotatable bonds is 7. The van der Waals surface area contributed by atoms with Crippen molar-refractivity contribution < 1.29 is 4.79 Å². The molecule has 1 amide bonds. The number of carbonyl (C=O) groups is 1. The molecule has 150 valence electrons. The summed E-state index contributed by atoms with van der Waals surface area (Å²) in [5.74, 6) is 0.404. The highest BCUT2D eigenvalue weighted by molar-refractivity contribution is 5.76. The van der Waals surface area contributed by atoms with Crippen molar-refractivity contribution in [3.8, 4) is 11.4 Å². The fraction of sp³-hybridized carbons (Fsp3) is 0.273. The molecule has 1 aromatic carbocycles. The molecule has 3 rings (SSSR count). The van der Waals surface area contributed by atoms with E-state index in [0.29, 0.717) is 30.0 Å². The van der Waals surface area contributed by atoms with Gasteiger partial charge in [0, 0.05) is 62.0 Å². The van der Waals surface area contributed by atoms with Crippen LogP contribution in [-0.4, -0.2) is 35.0 Å². The highest BCUT2D eigenvalue weighted by Crippen LogP contribution is 2.14. The van der Waals surface area contributed by atoms with E-state index in [1.54, 1.807) is 31.5 Å². The number of aryl methyl sites for hydroxylation is 1. The van der Waals surface area contributed by atoms with Gasteiger partial charge < -0.3 is 15.2 Å². The molecule has 3 aromatic rings. The minimum absolute atomic E-state index is 0.0998. The number of nitrogens with zero attached hydrogens (tertiary/aromatic N) is 3. The number of hydrogen-bond donors (Lipinski definition) is 2. The summed E-state index contributed by atoms with van der Waals surface area (Å²) in [6.07, 6.45) is 3.87. The molecule has 2 aromatic heterocycles. The molecule has 0 unspecified atom stereocenters. The van der Waals surface area contributed by atoms with Crippen molar-refractivity contribution in [2.24, 2.45) is 0 Å². The third-order valence-corrected chi connectivity index (χ3v) is 4.69. The molecule has 0 fully saturated rings. The van der Waals surface area contributed by atoms with E-state index in [-0.39, 0.29) is 17.9 Å². The summed E-state index contributed by atoms with van der Waals surface area (Å²) in [5.41, 5.74) is 3.86. The number of anilines is 1. The van der Waals surface area contributed by atoms with Crippen molar-refractivity contribution in [2.45, 2.75) is 26.3 Å². The average molecular weight is 391 g/mol. The number of nitrogens with one attached hydrogen (secondary N) is 2. The first-order chi connectivity index (χ1) is 13.9. The Morgan fingerprint density at radius 1 is 1.17 bits per heavy atom. The molecule has 0 aliphatic heterocycles. The standard InChI is InChI=1S/C22H25N5O2/c1-15-19(22(29)26-21(25-15)17-9-11-23-12-10-17)7-8-20(28)24-14-16-5-4-6-18(13-16)27(2)3/h4-6,9-13H,7-8,14H2,1-3H3,(H,24,28)(H,25,26,29). The van der Waals surface area contributed by atoms with Gasteiger partial charge in [-0.3, -0.25) is 14.6 Å². The van der Waals surface area contributed by atoms with E-state index in [4.69, 9.17) is 0 Å². The molecular weight excluding hydrogens is 366 g/mol. The molecular formula is C22H25N5O2. The van der Waals surface area contributed by atoms with Crippen LogP contribution in [0, 0.1) is 6.92 Å². The summed E-state index contributed by atoms with van der Waals surface area (Å²) in [6, 6.07) is 11.6. The highest BCUT2D eigenvalue weighted by atomic mass is 16.1. The molecule has 2 heterocycles. The Bertz CT molecular complexity index is 1040. The molecule has 7 heteroatoms. The molecule has 0 bridgehead atoms. The van der Waals surface area contributed by atoms with Crippen LogP contribution in [0.25, 0.3) is 11.4 Å². The molecule has 0 saturated heterocycles. The van der Waals surface area contributed by atoms with Crippen molar-refractivity contribution in [1.82, 2.24) is 20.3 Å². The zero-order valence-corrected chi connectivity index (χ0v) is 16.9. The van der Waals surface area contributed by atoms with Crippen molar-refractivity contribution in [2.75, 3.05) is 19.0 Å². The molecule has 0 radical (unpaired) electrons. The van der Waals surface area contributed by atoms with Gasteiger partial charge in [0.05, 0.1) is 0 Å². The van der Waals surface area contributed by atoms with Crippen LogP contribution in [-0.2, 0) is 17.8 Å². The van der Waals surface area contributed by atoms with Crippen LogP contribution in [0.2, 0.25) is 0 Å². The maximum atomic E-state index is 12.5. The van der Waals surface area contributed by atoms with Crippen LogP contribution < -0.4 is 15.8 Å². The number of H-pyrrole nitrogens is 1. The fourth-order valence-electron chi connectivity index (χ4n) is 3.02. The van der Waals surface area contributed by atoms with E-state index in [2.05, 4.69) is 20.3 Å². The Labute approximate surface area is 169 Å². The van der Waals surface area contributed by atoms with Gasteiger partial charge in [0.1, 0.15) is 5.82 Å². The first-order valence-corrected chi connectivity index (χ1v) is 9.47. The second-order valence-corrected chi connectivity index (χ2v) is 7.06. The molecule has 0 aliphatic carbocycles. The fourth-order valence-corrected chi connectivity index (χ4v) is 3.02. The summed E-state index contributed by atoms with van der Waals surface area (Å²) in [6.45, 7) is 2.25. The topological polar surface area (TPSA) is 91.0 Å². The third-order valence-electron chi connectivity index (χ3n) is 4.69. The van der Waals surface area contributed by atoms with Gasteiger partial charge in [-0.2, -0.15) is 0 Å². The monoisotopic (exact) mass is 391 g/mol. The average Bonchev–Trinajstić information content (AvgIpc) is 2.72. The lowest BCUT2D eigenvalue weighted by Crippen LogP contribution is -2.25. The SMILES string of the molecule is Cc1nc(-c2ccncc2)[nH]c(=O)c1CCC(=O)NCc1cccc(N(C)C)c1. The van der Waals surface area contributed by atoms with Gasteiger partial charge in [-0.05, 0) is 43.2 Å². The summed E-state index contributed by atoms with van der Waals surface area (Å²) in [7, 11) is 3.96. The van der Waals surface area contributed by atoms with E-state index >= 15 is 0 Å². The zero-order chi connectivity index (χ0) is 20.8. The largest absolute Gasteiger partial charge is 0.378 e. The van der Waals surface area contributed by atoms with Crippen LogP contribution in [0.3, 0.4) is 0 Å². The van der Waals surface area contributed by atoms with Crippen molar-refractivity contribution in [3.63, 3.8) is 0 Å². The van der Waals surface area contributed by atoms with Gasteiger partial charge in [-0.25, -0.2) is 4.98 Å². The first-order valence-electron chi connectivity index (χ1n) is 9.47. The normalized spacial score (nSPS) is 10.6. The molecule has 0 saturated carbocycles. The summed E-state index contributed by atoms with van der Waals surface area (Å²) >= 11 is 0. The van der Waals surface area contributed by atoms with Gasteiger partial charge in [0.2, 0.25) is 5.91 Å². The smallest absolute Gasteiger partial charge is 0.254 e. The minimum atomic E-state index is -0.212. The lowest BCUT2D eigenvalue weighted by atomic mass is 10.1. The molecule has 29 heavy (non-hydrogen) atoms. The van der Waals surface area contributed by atoms with E-state index in [0.717, 1.165) is 16.8 Å². The van der Waals surface area contributed by atoms with E-state index in [1.165, 1.54) is 0 Å². The number of amides is 1. The number of aromatic amines is 1. The number of aromatic nitrogens is 3. The second kappa shape index (κ2) is 9.14. The van der Waals surface area contributed by atoms with Crippen LogP contribution >= 0.6 is 0 Å². The summed E-state index contributed by atoms with van der Waals surface area (Å²) in [4.78, 5) is 38.0.